The fourth-order valence-electron chi connectivity index (χ4n) is 6.69. The predicted octanol–water partition coefficient (Wildman–Crippen LogP) is 2.13. The molecule has 216 valence electrons. The van der Waals surface area contributed by atoms with Crippen LogP contribution in [0.15, 0.2) is 53.3 Å². The summed E-state index contributed by atoms with van der Waals surface area (Å²) in [5, 5.41) is 48.4. The van der Waals surface area contributed by atoms with E-state index in [-0.39, 0.29) is 29.7 Å². The Balaban J connectivity index is 1.67. The summed E-state index contributed by atoms with van der Waals surface area (Å²) in [6.07, 6.45) is 0.270. The number of aliphatic hydroxyl groups excluding tert-OH is 2. The largest absolute Gasteiger partial charge is 0.508 e. The number of nitrogens with one attached hydrogen (secondary N) is 1. The molecule has 0 saturated heterocycles. The van der Waals surface area contributed by atoms with E-state index in [9.17, 15) is 34.8 Å². The van der Waals surface area contributed by atoms with Gasteiger partial charge >= 0.3 is 0 Å². The van der Waals surface area contributed by atoms with E-state index in [2.05, 4.69) is 19.2 Å². The monoisotopic (exact) mass is 561 g/mol. The lowest BCUT2D eigenvalue weighted by molar-refractivity contribution is -0.153. The zero-order valence-corrected chi connectivity index (χ0v) is 23.4. The van der Waals surface area contributed by atoms with Crippen LogP contribution < -0.4 is 11.1 Å². The van der Waals surface area contributed by atoms with Crippen LogP contribution in [0.4, 0.5) is 0 Å². The van der Waals surface area contributed by atoms with E-state index < -0.39 is 58.0 Å². The summed E-state index contributed by atoms with van der Waals surface area (Å²) in [5.74, 6) is -6.66. The fraction of sp³-hybridized carbons (Fsp3) is 0.387. The van der Waals surface area contributed by atoms with Crippen LogP contribution in [0.2, 0.25) is 0 Å². The molecule has 3 aliphatic rings. The van der Waals surface area contributed by atoms with E-state index in [0.29, 0.717) is 18.2 Å². The third kappa shape index (κ3) is 4.34. The van der Waals surface area contributed by atoms with Gasteiger partial charge in [0.05, 0.1) is 11.6 Å². The summed E-state index contributed by atoms with van der Waals surface area (Å²) < 4.78 is 0. The van der Waals surface area contributed by atoms with Crippen molar-refractivity contribution in [3.8, 4) is 16.9 Å². The number of rotatable bonds is 6. The van der Waals surface area contributed by atoms with Crippen LogP contribution in [0.5, 0.6) is 5.75 Å². The van der Waals surface area contributed by atoms with Crippen LogP contribution in [-0.2, 0) is 27.3 Å². The van der Waals surface area contributed by atoms with E-state index in [4.69, 9.17) is 5.73 Å². The number of carbonyl (C=O) groups excluding carboxylic acids is 3. The molecule has 1 amide bonds. The number of ketones is 2. The summed E-state index contributed by atoms with van der Waals surface area (Å²) in [5.41, 5.74) is 5.11. The molecule has 7 N–H and O–H groups in total. The van der Waals surface area contributed by atoms with Gasteiger partial charge in [-0.25, -0.2) is 0 Å². The van der Waals surface area contributed by atoms with Gasteiger partial charge in [-0.2, -0.15) is 0 Å². The van der Waals surface area contributed by atoms with Gasteiger partial charge in [0.1, 0.15) is 22.8 Å². The molecule has 0 bridgehead atoms. The second-order valence-electron chi connectivity index (χ2n) is 11.7. The first-order chi connectivity index (χ1) is 19.3. The molecule has 2 aromatic rings. The summed E-state index contributed by atoms with van der Waals surface area (Å²) in [6, 6.07) is 10.3. The highest BCUT2D eigenvalue weighted by Crippen LogP contribution is 2.53. The van der Waals surface area contributed by atoms with Crippen molar-refractivity contribution in [2.45, 2.75) is 50.9 Å². The summed E-state index contributed by atoms with van der Waals surface area (Å²) in [4.78, 5) is 40.9. The Morgan fingerprint density at radius 2 is 1.85 bits per heavy atom. The standard InChI is InChI=1S/C31H35N3O7/c1-14(2)33-13-15-6-5-7-16(10-15)18-8-9-21(35)23-19(18)11-17-12-20-25(34(3)4)27(37)24(30(32)40)29(39)31(20,41)28(38)22(17)26(23)36/h5-10,14,17,20,25,33,35-36,39,41H,11-13H2,1-4H3,(H2,32,40)/t17-,20-,25-,31-/m0/s1. The van der Waals surface area contributed by atoms with E-state index in [0.717, 1.165) is 16.7 Å². The van der Waals surface area contributed by atoms with Crippen LogP contribution in [0, 0.1) is 11.8 Å². The molecule has 0 aromatic heterocycles. The smallest absolute Gasteiger partial charge is 0.255 e. The number of nitrogens with zero attached hydrogens (tertiary/aromatic N) is 1. The fourth-order valence-corrected chi connectivity index (χ4v) is 6.69. The van der Waals surface area contributed by atoms with Crippen molar-refractivity contribution >= 4 is 23.2 Å². The maximum atomic E-state index is 14.0. The van der Waals surface area contributed by atoms with Crippen molar-refractivity contribution in [1.82, 2.24) is 10.2 Å². The number of hydrogen-bond donors (Lipinski definition) is 6. The maximum Gasteiger partial charge on any atom is 0.255 e. The predicted molar refractivity (Wildman–Crippen MR) is 152 cm³/mol. The van der Waals surface area contributed by atoms with Gasteiger partial charge in [0.15, 0.2) is 11.4 Å². The number of aromatic hydroxyl groups is 1. The quantitative estimate of drug-likeness (QED) is 0.289. The lowest BCUT2D eigenvalue weighted by Gasteiger charge is -2.50. The van der Waals surface area contributed by atoms with Crippen molar-refractivity contribution in [3.63, 3.8) is 0 Å². The highest BCUT2D eigenvalue weighted by molar-refractivity contribution is 6.24. The topological polar surface area (TPSA) is 173 Å². The summed E-state index contributed by atoms with van der Waals surface area (Å²) in [7, 11) is 3.15. The summed E-state index contributed by atoms with van der Waals surface area (Å²) in [6.45, 7) is 4.78. The van der Waals surface area contributed by atoms with Gasteiger partial charge in [0, 0.05) is 24.1 Å². The first kappa shape index (κ1) is 28.5. The zero-order valence-electron chi connectivity index (χ0n) is 23.4. The molecular weight excluding hydrogens is 526 g/mol. The number of fused-ring (bicyclic) bond motifs is 3. The van der Waals surface area contributed by atoms with Gasteiger partial charge in [0.2, 0.25) is 5.78 Å². The number of Topliss-reactive ketones (excluding diaryl/α,β-unsaturated/α-hetero) is 2. The van der Waals surface area contributed by atoms with Crippen molar-refractivity contribution < 1.29 is 34.8 Å². The van der Waals surface area contributed by atoms with Gasteiger partial charge in [-0.05, 0) is 67.2 Å². The number of amides is 1. The molecule has 0 radical (unpaired) electrons. The van der Waals surface area contributed by atoms with E-state index >= 15 is 0 Å². The number of hydrogen-bond acceptors (Lipinski definition) is 9. The first-order valence-electron chi connectivity index (χ1n) is 13.6. The molecule has 0 spiro atoms. The van der Waals surface area contributed by atoms with E-state index in [1.165, 1.54) is 11.0 Å². The Bertz CT molecular complexity index is 1540. The van der Waals surface area contributed by atoms with Gasteiger partial charge in [0.25, 0.3) is 5.91 Å². The number of benzene rings is 2. The van der Waals surface area contributed by atoms with E-state index in [1.54, 1.807) is 20.2 Å². The third-order valence-electron chi connectivity index (χ3n) is 8.56. The van der Waals surface area contributed by atoms with Crippen LogP contribution in [-0.4, -0.2) is 74.6 Å². The molecule has 41 heavy (non-hydrogen) atoms. The average molecular weight is 562 g/mol. The second kappa shape index (κ2) is 10.1. The highest BCUT2D eigenvalue weighted by atomic mass is 16.3. The van der Waals surface area contributed by atoms with Crippen LogP contribution >= 0.6 is 0 Å². The molecule has 1 fully saturated rings. The Kier molecular flexibility index (Phi) is 7.05. The van der Waals surface area contributed by atoms with Gasteiger partial charge in [-0.1, -0.05) is 38.1 Å². The van der Waals surface area contributed by atoms with E-state index in [1.807, 2.05) is 24.3 Å². The molecule has 1 saturated carbocycles. The molecule has 4 atom stereocenters. The molecule has 0 unspecified atom stereocenters. The number of phenolic OH excluding ortho intramolecular Hbond substituents is 1. The molecule has 0 heterocycles. The number of nitrogens with two attached hydrogens (primary N) is 1. The van der Waals surface area contributed by atoms with Crippen LogP contribution in [0.1, 0.15) is 37.0 Å². The average Bonchev–Trinajstić information content (AvgIpc) is 2.89. The summed E-state index contributed by atoms with van der Waals surface area (Å²) >= 11 is 0. The number of likely N-dealkylation sites (N-methyl/N-ethyl adjacent to an activating group) is 1. The van der Waals surface area contributed by atoms with Gasteiger partial charge < -0.3 is 31.5 Å². The Hall–Kier alpha value is -3.99. The lowest BCUT2D eigenvalue weighted by Crippen LogP contribution is -2.65. The molecule has 0 aliphatic heterocycles. The van der Waals surface area contributed by atoms with Crippen LogP contribution in [0.25, 0.3) is 16.9 Å². The molecule has 3 aliphatic carbocycles. The van der Waals surface area contributed by atoms with Crippen molar-refractivity contribution in [2.75, 3.05) is 14.1 Å². The second-order valence-corrected chi connectivity index (χ2v) is 11.7. The van der Waals surface area contributed by atoms with Gasteiger partial charge in [-0.15, -0.1) is 0 Å². The SMILES string of the molecule is CC(C)NCc1cccc(-c2ccc(O)c3c2C[C@H]2C[C@H]4[C@H](N(C)C)C(=O)C(C(N)=O)=C(O)[C@@]4(O)C(=O)C2=C3O)c1. The minimum atomic E-state index is -2.66. The first-order valence-corrected chi connectivity index (χ1v) is 13.6. The Labute approximate surface area is 237 Å². The lowest BCUT2D eigenvalue weighted by atomic mass is 9.57. The molecule has 5 rings (SSSR count). The minimum absolute atomic E-state index is 0.0409. The van der Waals surface area contributed by atoms with Crippen molar-refractivity contribution in [2.24, 2.45) is 17.6 Å². The van der Waals surface area contributed by atoms with Crippen LogP contribution in [0.3, 0.4) is 0 Å². The molecule has 2 aromatic carbocycles. The van der Waals surface area contributed by atoms with Gasteiger partial charge in [-0.3, -0.25) is 19.3 Å². The minimum Gasteiger partial charge on any atom is -0.508 e. The molecule has 10 heteroatoms. The number of phenols is 1. The number of aliphatic hydroxyl groups is 3. The zero-order chi connectivity index (χ0) is 30.0. The normalized spacial score (nSPS) is 25.9. The number of primary amides is 1. The molecule has 10 nitrogen and oxygen atoms in total. The highest BCUT2D eigenvalue weighted by Gasteiger charge is 2.64. The van der Waals surface area contributed by atoms with Crippen molar-refractivity contribution in [3.05, 3.63) is 70.0 Å². The van der Waals surface area contributed by atoms with Crippen molar-refractivity contribution in [1.29, 1.82) is 0 Å². The molecular formula is C31H35N3O7. The maximum absolute atomic E-state index is 14.0. The number of carbonyl (C=O) groups is 3. The Morgan fingerprint density at radius 3 is 2.49 bits per heavy atom. The third-order valence-corrected chi connectivity index (χ3v) is 8.56. The Morgan fingerprint density at radius 1 is 1.15 bits per heavy atom.